The van der Waals surface area contributed by atoms with Gasteiger partial charge in [-0.3, -0.25) is 0 Å². The first-order valence-electron chi connectivity index (χ1n) is 6.49. The van der Waals surface area contributed by atoms with Crippen LogP contribution < -0.4 is 0 Å². The topological polar surface area (TPSA) is 38.7 Å². The summed E-state index contributed by atoms with van der Waals surface area (Å²) in [6, 6.07) is 0. The Hall–Kier alpha value is -0.163. The first kappa shape index (κ1) is 13.3. The van der Waals surface area contributed by atoms with Gasteiger partial charge in [-0.25, -0.2) is 0 Å². The summed E-state index contributed by atoms with van der Waals surface area (Å²) >= 11 is 0. The van der Waals surface area contributed by atoms with Crippen molar-refractivity contribution >= 4 is 8.07 Å². The van der Waals surface area contributed by atoms with Crippen molar-refractivity contribution in [1.29, 1.82) is 0 Å². The molecule has 4 heteroatoms. The first-order valence-corrected chi connectivity index (χ1v) is 9.99. The molecule has 0 radical (unpaired) electrons. The largest absolute Gasteiger partial charge is 0.393 e. The Morgan fingerprint density at radius 2 is 1.88 bits per heavy atom. The lowest BCUT2D eigenvalue weighted by Gasteiger charge is -2.42. The van der Waals surface area contributed by atoms with E-state index in [1.54, 1.807) is 0 Å². The van der Waals surface area contributed by atoms with Gasteiger partial charge in [-0.1, -0.05) is 24.8 Å². The lowest BCUT2D eigenvalue weighted by molar-refractivity contribution is -0.197. The van der Waals surface area contributed by atoms with Gasteiger partial charge in [-0.05, 0) is 6.42 Å². The van der Waals surface area contributed by atoms with Gasteiger partial charge in [0.05, 0.1) is 27.4 Å². The minimum Gasteiger partial charge on any atom is -0.393 e. The van der Waals surface area contributed by atoms with Crippen molar-refractivity contribution in [1.82, 2.24) is 0 Å². The van der Waals surface area contributed by atoms with Crippen LogP contribution in [0, 0.1) is 5.92 Å². The highest BCUT2D eigenvalue weighted by Gasteiger charge is 2.46. The predicted octanol–water partition coefficient (Wildman–Crippen LogP) is 2.32. The van der Waals surface area contributed by atoms with Gasteiger partial charge in [0.15, 0.2) is 5.79 Å². The fraction of sp³-hybridized carbons (Fsp3) is 0.846. The van der Waals surface area contributed by atoms with Crippen LogP contribution in [-0.4, -0.2) is 38.3 Å². The van der Waals surface area contributed by atoms with Crippen molar-refractivity contribution in [2.24, 2.45) is 5.92 Å². The molecule has 2 fully saturated rings. The number of ether oxygens (including phenoxy) is 2. The summed E-state index contributed by atoms with van der Waals surface area (Å²) in [5.41, 5.74) is 0. The Bertz CT molecular complexity index is 302. The number of rotatable bonds is 2. The molecule has 0 aromatic heterocycles. The maximum atomic E-state index is 10.2. The molecule has 1 heterocycles. The summed E-state index contributed by atoms with van der Waals surface area (Å²) in [7, 11) is -1.42. The summed E-state index contributed by atoms with van der Waals surface area (Å²) in [5.74, 6) is -0.277. The van der Waals surface area contributed by atoms with Gasteiger partial charge in [0.1, 0.15) is 0 Å². The highest BCUT2D eigenvalue weighted by atomic mass is 28.3. The van der Waals surface area contributed by atoms with Crippen LogP contribution in [0.25, 0.3) is 0 Å². The molecule has 1 spiro atoms. The summed E-state index contributed by atoms with van der Waals surface area (Å²) < 4.78 is 11.5. The van der Waals surface area contributed by atoms with E-state index in [1.165, 1.54) is 5.20 Å². The van der Waals surface area contributed by atoms with E-state index in [1.807, 2.05) is 0 Å². The summed E-state index contributed by atoms with van der Waals surface area (Å²) in [6.07, 6.45) is 2.07. The molecule has 0 unspecified atom stereocenters. The molecule has 1 aliphatic heterocycles. The molecular formula is C13H24O3Si. The van der Waals surface area contributed by atoms with E-state index >= 15 is 0 Å². The van der Waals surface area contributed by atoms with Crippen LogP contribution in [0.5, 0.6) is 0 Å². The Morgan fingerprint density at radius 1 is 1.29 bits per heavy atom. The first-order chi connectivity index (χ1) is 7.84. The molecule has 3 nitrogen and oxygen atoms in total. The second-order valence-electron chi connectivity index (χ2n) is 6.30. The third kappa shape index (κ3) is 2.65. The molecule has 1 aliphatic carbocycles. The Balaban J connectivity index is 2.12. The molecule has 0 amide bonds. The third-order valence-electron chi connectivity index (χ3n) is 4.04. The highest BCUT2D eigenvalue weighted by molar-refractivity contribution is 6.83. The molecule has 1 N–H and O–H groups in total. The van der Waals surface area contributed by atoms with Crippen molar-refractivity contribution in [3.05, 3.63) is 11.8 Å². The molecule has 0 aromatic carbocycles. The number of aliphatic hydroxyl groups is 1. The van der Waals surface area contributed by atoms with Crippen LogP contribution in [0.2, 0.25) is 19.6 Å². The van der Waals surface area contributed by atoms with Crippen LogP contribution in [0.1, 0.15) is 19.3 Å². The molecule has 0 aromatic rings. The number of hydrogen-bond donors (Lipinski definition) is 1. The van der Waals surface area contributed by atoms with Gasteiger partial charge in [0.25, 0.3) is 0 Å². The smallest absolute Gasteiger partial charge is 0.169 e. The molecule has 0 bridgehead atoms. The van der Waals surface area contributed by atoms with Gasteiger partial charge in [0.2, 0.25) is 0 Å². The Labute approximate surface area is 105 Å². The monoisotopic (exact) mass is 256 g/mol. The van der Waals surface area contributed by atoms with Gasteiger partial charge in [-0.2, -0.15) is 0 Å². The van der Waals surface area contributed by atoms with E-state index in [0.717, 1.165) is 19.3 Å². The lowest BCUT2D eigenvalue weighted by atomic mass is 9.82. The summed E-state index contributed by atoms with van der Waals surface area (Å²) in [4.78, 5) is 0. The van der Waals surface area contributed by atoms with Gasteiger partial charge in [-0.15, -0.1) is 6.58 Å². The van der Waals surface area contributed by atoms with E-state index in [4.69, 9.17) is 9.47 Å². The Kier molecular flexibility index (Phi) is 3.51. The van der Waals surface area contributed by atoms with Gasteiger partial charge < -0.3 is 14.6 Å². The van der Waals surface area contributed by atoms with E-state index in [-0.39, 0.29) is 12.0 Å². The minimum atomic E-state index is -1.42. The van der Waals surface area contributed by atoms with E-state index < -0.39 is 13.9 Å². The van der Waals surface area contributed by atoms with E-state index in [0.29, 0.717) is 13.2 Å². The normalized spacial score (nSPS) is 32.9. The average Bonchev–Trinajstić information content (AvgIpc) is 2.68. The number of aliphatic hydroxyl groups excluding tert-OH is 1. The zero-order chi connectivity index (χ0) is 12.7. The molecule has 1 saturated heterocycles. The quantitative estimate of drug-likeness (QED) is 0.771. The molecule has 98 valence electrons. The van der Waals surface area contributed by atoms with Crippen molar-refractivity contribution in [2.45, 2.75) is 50.8 Å². The number of hydrogen-bond acceptors (Lipinski definition) is 3. The fourth-order valence-electron chi connectivity index (χ4n) is 2.81. The van der Waals surface area contributed by atoms with Crippen LogP contribution in [0.4, 0.5) is 0 Å². The molecule has 2 rings (SSSR count). The van der Waals surface area contributed by atoms with E-state index in [2.05, 4.69) is 26.2 Å². The van der Waals surface area contributed by atoms with Gasteiger partial charge in [0, 0.05) is 18.8 Å². The zero-order valence-electron chi connectivity index (χ0n) is 11.2. The van der Waals surface area contributed by atoms with Crippen LogP contribution in [0.3, 0.4) is 0 Å². The summed E-state index contributed by atoms with van der Waals surface area (Å²) in [5, 5.41) is 11.4. The fourth-order valence-corrected chi connectivity index (χ4v) is 4.22. The SMILES string of the molecule is C=C([C@@H]1CC2(CC[C@H]1O)OCCO2)[Si](C)(C)C. The highest BCUT2D eigenvalue weighted by Crippen LogP contribution is 2.43. The third-order valence-corrected chi connectivity index (χ3v) is 6.34. The van der Waals surface area contributed by atoms with Crippen LogP contribution in [-0.2, 0) is 9.47 Å². The van der Waals surface area contributed by atoms with Crippen LogP contribution >= 0.6 is 0 Å². The Morgan fingerprint density at radius 3 is 2.41 bits per heavy atom. The van der Waals surface area contributed by atoms with Crippen molar-refractivity contribution < 1.29 is 14.6 Å². The molecule has 2 atom stereocenters. The molecule has 2 aliphatic rings. The van der Waals surface area contributed by atoms with Crippen molar-refractivity contribution in [3.8, 4) is 0 Å². The molecule has 1 saturated carbocycles. The van der Waals surface area contributed by atoms with Crippen molar-refractivity contribution in [3.63, 3.8) is 0 Å². The zero-order valence-corrected chi connectivity index (χ0v) is 12.2. The standard InChI is InChI=1S/C13H24O3Si/c1-10(17(2,3)4)11-9-13(6-5-12(11)14)15-7-8-16-13/h11-12,14H,1,5-9H2,2-4H3/t11-,12+/m0/s1. The average molecular weight is 256 g/mol. The second-order valence-corrected chi connectivity index (χ2v) is 11.4. The molecular weight excluding hydrogens is 232 g/mol. The summed E-state index contributed by atoms with van der Waals surface area (Å²) in [6.45, 7) is 12.4. The maximum absolute atomic E-state index is 10.2. The lowest BCUT2D eigenvalue weighted by Crippen LogP contribution is -2.46. The van der Waals surface area contributed by atoms with Gasteiger partial charge >= 0.3 is 0 Å². The van der Waals surface area contributed by atoms with E-state index in [9.17, 15) is 5.11 Å². The molecule has 17 heavy (non-hydrogen) atoms. The van der Waals surface area contributed by atoms with Crippen LogP contribution in [0.15, 0.2) is 11.8 Å². The van der Waals surface area contributed by atoms with Crippen molar-refractivity contribution in [2.75, 3.05) is 13.2 Å². The second kappa shape index (κ2) is 4.50. The maximum Gasteiger partial charge on any atom is 0.169 e. The predicted molar refractivity (Wildman–Crippen MR) is 70.5 cm³/mol. The minimum absolute atomic E-state index is 0.147.